The zero-order valence-corrected chi connectivity index (χ0v) is 21.9. The molecular formula is C28H26F6N2O4. The molecule has 2 heterocycles. The molecule has 0 unspecified atom stereocenters. The van der Waals surface area contributed by atoms with Gasteiger partial charge in [-0.15, -0.1) is 0 Å². The second-order valence-electron chi connectivity index (χ2n) is 9.33. The van der Waals surface area contributed by atoms with E-state index in [0.717, 1.165) is 24.3 Å². The summed E-state index contributed by atoms with van der Waals surface area (Å²) in [5.41, 5.74) is 0.483. The van der Waals surface area contributed by atoms with Crippen LogP contribution in [0, 0.1) is 0 Å². The first-order valence-corrected chi connectivity index (χ1v) is 12.1. The molecule has 0 aliphatic rings. The summed E-state index contributed by atoms with van der Waals surface area (Å²) >= 11 is 0. The second-order valence-corrected chi connectivity index (χ2v) is 9.33. The number of alkyl halides is 6. The monoisotopic (exact) mass is 568 g/mol. The van der Waals surface area contributed by atoms with Crippen molar-refractivity contribution in [2.24, 2.45) is 0 Å². The fraction of sp³-hybridized carbons (Fsp3) is 0.321. The number of nitrogens with zero attached hydrogens (tertiary/aromatic N) is 2. The summed E-state index contributed by atoms with van der Waals surface area (Å²) in [7, 11) is 0. The lowest BCUT2D eigenvalue weighted by atomic mass is 10.1. The van der Waals surface area contributed by atoms with Crippen LogP contribution in [0.2, 0.25) is 0 Å². The van der Waals surface area contributed by atoms with Gasteiger partial charge in [0.05, 0.1) is 22.5 Å². The molecule has 0 aliphatic heterocycles. The van der Waals surface area contributed by atoms with Gasteiger partial charge in [-0.1, -0.05) is 27.7 Å². The summed E-state index contributed by atoms with van der Waals surface area (Å²) in [5, 5.41) is 9.20. The Labute approximate surface area is 225 Å². The van der Waals surface area contributed by atoms with E-state index >= 15 is 0 Å². The van der Waals surface area contributed by atoms with Crippen LogP contribution in [0.4, 0.5) is 26.3 Å². The van der Waals surface area contributed by atoms with Crippen molar-refractivity contribution in [3.8, 4) is 22.9 Å². The Balaban J connectivity index is 0.000000220. The van der Waals surface area contributed by atoms with Gasteiger partial charge in [-0.25, -0.2) is 9.97 Å². The number of carbonyl (C=O) groups excluding carboxylic acids is 1. The van der Waals surface area contributed by atoms with E-state index in [4.69, 9.17) is 8.83 Å². The van der Waals surface area contributed by atoms with E-state index in [9.17, 15) is 36.2 Å². The van der Waals surface area contributed by atoms with Crippen LogP contribution in [0.1, 0.15) is 78.4 Å². The summed E-state index contributed by atoms with van der Waals surface area (Å²) in [6.45, 7) is 7.20. The van der Waals surface area contributed by atoms with E-state index in [1.54, 1.807) is 0 Å². The van der Waals surface area contributed by atoms with E-state index in [1.165, 1.54) is 24.3 Å². The number of rotatable bonds is 6. The Hall–Kier alpha value is -3.93. The van der Waals surface area contributed by atoms with Crippen LogP contribution >= 0.6 is 0 Å². The molecular weight excluding hydrogens is 542 g/mol. The number of aromatic nitrogens is 2. The number of hydrogen-bond acceptors (Lipinski definition) is 6. The van der Waals surface area contributed by atoms with Gasteiger partial charge in [0.15, 0.2) is 17.8 Å². The predicted octanol–water partition coefficient (Wildman–Crippen LogP) is 8.27. The first kappa shape index (κ1) is 30.6. The van der Waals surface area contributed by atoms with Gasteiger partial charge in [-0.2, -0.15) is 26.3 Å². The van der Waals surface area contributed by atoms with Crippen molar-refractivity contribution in [2.75, 3.05) is 0 Å². The lowest BCUT2D eigenvalue weighted by Crippen LogP contribution is -2.04. The first-order chi connectivity index (χ1) is 18.6. The number of aldehydes is 1. The maximum absolute atomic E-state index is 12.5. The Morgan fingerprint density at radius 1 is 0.725 bits per heavy atom. The maximum Gasteiger partial charge on any atom is 0.416 e. The zero-order valence-electron chi connectivity index (χ0n) is 21.9. The van der Waals surface area contributed by atoms with Crippen LogP contribution in [0.5, 0.6) is 0 Å². The van der Waals surface area contributed by atoms with Crippen molar-refractivity contribution in [3.05, 3.63) is 82.6 Å². The fourth-order valence-corrected chi connectivity index (χ4v) is 3.62. The average Bonchev–Trinajstić information content (AvgIpc) is 3.53. The van der Waals surface area contributed by atoms with Crippen LogP contribution in [0.25, 0.3) is 22.9 Å². The van der Waals surface area contributed by atoms with Crippen molar-refractivity contribution in [1.82, 2.24) is 9.97 Å². The molecule has 0 spiro atoms. The minimum atomic E-state index is -4.38. The van der Waals surface area contributed by atoms with Gasteiger partial charge in [-0.3, -0.25) is 4.79 Å². The van der Waals surface area contributed by atoms with Gasteiger partial charge in [0.2, 0.25) is 11.8 Å². The molecule has 2 aromatic carbocycles. The minimum absolute atomic E-state index is 0.0119. The molecule has 0 amide bonds. The number of hydrogen-bond donors (Lipinski definition) is 1. The number of aliphatic hydroxyl groups excluding tert-OH is 1. The molecule has 0 radical (unpaired) electrons. The van der Waals surface area contributed by atoms with Crippen molar-refractivity contribution in [1.29, 1.82) is 0 Å². The molecule has 2 aromatic heterocycles. The van der Waals surface area contributed by atoms with Gasteiger partial charge >= 0.3 is 12.4 Å². The molecule has 0 saturated heterocycles. The van der Waals surface area contributed by atoms with E-state index in [2.05, 4.69) is 9.97 Å². The summed E-state index contributed by atoms with van der Waals surface area (Å²) < 4.78 is 85.5. The van der Waals surface area contributed by atoms with Crippen LogP contribution < -0.4 is 0 Å². The molecule has 0 saturated carbocycles. The van der Waals surface area contributed by atoms with Crippen molar-refractivity contribution in [2.45, 2.75) is 58.5 Å². The van der Waals surface area contributed by atoms with Crippen molar-refractivity contribution in [3.63, 3.8) is 0 Å². The zero-order chi connectivity index (χ0) is 29.8. The Morgan fingerprint density at radius 3 is 1.43 bits per heavy atom. The number of carbonyl (C=O) groups is 1. The third-order valence-electron chi connectivity index (χ3n) is 5.67. The molecule has 40 heavy (non-hydrogen) atoms. The Morgan fingerprint density at radius 2 is 1.12 bits per heavy atom. The predicted molar refractivity (Wildman–Crippen MR) is 133 cm³/mol. The average molecular weight is 569 g/mol. The third-order valence-corrected chi connectivity index (χ3v) is 5.67. The standard InChI is InChI=1S/C14H14F3NO2.C14H12F3NO2/c2*1-8(2)12-11(7-19)20-13(18-12)9-3-5-10(6-4-9)14(15,16)17/h3-6,8,19H,7H2,1-2H3;3-8H,1-2H3. The Kier molecular flexibility index (Phi) is 9.24. The first-order valence-electron chi connectivity index (χ1n) is 12.1. The minimum Gasteiger partial charge on any atom is -0.438 e. The summed E-state index contributed by atoms with van der Waals surface area (Å²) in [5.74, 6) is 0.854. The summed E-state index contributed by atoms with van der Waals surface area (Å²) in [6, 6.07) is 9.02. The Bertz CT molecular complexity index is 1420. The highest BCUT2D eigenvalue weighted by Crippen LogP contribution is 2.33. The molecule has 12 heteroatoms. The normalized spacial score (nSPS) is 12.0. The van der Waals surface area contributed by atoms with Crippen LogP contribution in [0.15, 0.2) is 57.4 Å². The highest BCUT2D eigenvalue weighted by atomic mass is 19.4. The molecule has 0 fully saturated rings. The maximum atomic E-state index is 12.5. The molecule has 0 bridgehead atoms. The van der Waals surface area contributed by atoms with Gasteiger partial charge in [0.1, 0.15) is 6.61 Å². The molecule has 214 valence electrons. The lowest BCUT2D eigenvalue weighted by molar-refractivity contribution is -0.138. The number of oxazole rings is 2. The number of benzene rings is 2. The van der Waals surface area contributed by atoms with Crippen molar-refractivity contribution >= 4 is 6.29 Å². The van der Waals surface area contributed by atoms with Crippen LogP contribution in [-0.4, -0.2) is 21.4 Å². The van der Waals surface area contributed by atoms with E-state index in [-0.39, 0.29) is 36.0 Å². The fourth-order valence-electron chi connectivity index (χ4n) is 3.62. The van der Waals surface area contributed by atoms with Crippen molar-refractivity contribution < 1.29 is 45.1 Å². The van der Waals surface area contributed by atoms with E-state index in [1.807, 2.05) is 27.7 Å². The second kappa shape index (κ2) is 12.1. The van der Waals surface area contributed by atoms with E-state index < -0.39 is 23.5 Å². The van der Waals surface area contributed by atoms with Gasteiger partial charge in [0.25, 0.3) is 0 Å². The summed E-state index contributed by atoms with van der Waals surface area (Å²) in [6.07, 6.45) is -8.20. The highest BCUT2D eigenvalue weighted by Gasteiger charge is 2.31. The highest BCUT2D eigenvalue weighted by molar-refractivity contribution is 5.74. The SMILES string of the molecule is CC(C)c1nc(-c2ccc(C(F)(F)F)cc2)oc1C=O.CC(C)c1nc(-c2ccc(C(F)(F)F)cc2)oc1CO. The van der Waals surface area contributed by atoms with Crippen LogP contribution in [0.3, 0.4) is 0 Å². The lowest BCUT2D eigenvalue weighted by Gasteiger charge is -2.06. The number of aliphatic hydroxyl groups is 1. The van der Waals surface area contributed by atoms with E-state index in [0.29, 0.717) is 34.6 Å². The third kappa shape index (κ3) is 7.17. The van der Waals surface area contributed by atoms with Crippen LogP contribution in [-0.2, 0) is 19.0 Å². The smallest absolute Gasteiger partial charge is 0.416 e. The molecule has 4 rings (SSSR count). The molecule has 0 atom stereocenters. The van der Waals surface area contributed by atoms with Gasteiger partial charge < -0.3 is 13.9 Å². The molecule has 0 aliphatic carbocycles. The molecule has 4 aromatic rings. The topological polar surface area (TPSA) is 89.4 Å². The van der Waals surface area contributed by atoms with Gasteiger partial charge in [-0.05, 0) is 60.4 Å². The summed E-state index contributed by atoms with van der Waals surface area (Å²) in [4.78, 5) is 19.3. The molecule has 6 nitrogen and oxygen atoms in total. The van der Waals surface area contributed by atoms with Gasteiger partial charge in [0, 0.05) is 11.1 Å². The largest absolute Gasteiger partial charge is 0.438 e. The number of halogens is 6. The quantitative estimate of drug-likeness (QED) is 0.186. The molecule has 1 N–H and O–H groups in total.